The molecule has 1 aromatic carbocycles. The number of nitrogens with one attached hydrogen (secondary N) is 2. The van der Waals surface area contributed by atoms with Crippen LogP contribution < -0.4 is 10.7 Å². The smallest absolute Gasteiger partial charge is 0.259 e. The lowest BCUT2D eigenvalue weighted by Crippen LogP contribution is -2.25. The number of aryl methyl sites for hydroxylation is 1. The fourth-order valence-electron chi connectivity index (χ4n) is 1.68. The van der Waals surface area contributed by atoms with Crippen LogP contribution in [0.1, 0.15) is 11.3 Å². The van der Waals surface area contributed by atoms with E-state index in [1.807, 2.05) is 31.2 Å². The highest BCUT2D eigenvalue weighted by Crippen LogP contribution is 2.11. The second-order valence-corrected chi connectivity index (χ2v) is 5.94. The zero-order chi connectivity index (χ0) is 16.9. The Balaban J connectivity index is 1.83. The Labute approximate surface area is 132 Å². The Morgan fingerprint density at radius 3 is 2.78 bits per heavy atom. The van der Waals surface area contributed by atoms with Crippen molar-refractivity contribution in [3.05, 3.63) is 47.7 Å². The lowest BCUT2D eigenvalue weighted by atomic mass is 10.2. The summed E-state index contributed by atoms with van der Waals surface area (Å²) in [6.45, 7) is 1.95. The highest BCUT2D eigenvalue weighted by Gasteiger charge is 2.06. The van der Waals surface area contributed by atoms with E-state index in [1.165, 1.54) is 6.07 Å². The Morgan fingerprint density at radius 2 is 2.13 bits per heavy atom. The summed E-state index contributed by atoms with van der Waals surface area (Å²) in [5, 5.41) is 5.84. The molecule has 0 bridgehead atoms. The normalized spacial score (nSPS) is 11.6. The van der Waals surface area contributed by atoms with Gasteiger partial charge in [-0.3, -0.25) is 4.79 Å². The Kier molecular flexibility index (Phi) is 5.14. The van der Waals surface area contributed by atoms with E-state index in [0.29, 0.717) is 0 Å². The van der Waals surface area contributed by atoms with Gasteiger partial charge in [-0.2, -0.15) is 5.10 Å². The van der Waals surface area contributed by atoms with Crippen LogP contribution >= 0.6 is 0 Å². The number of nitrogens with zero attached hydrogens (tertiary/aromatic N) is 1. The first-order chi connectivity index (χ1) is 10.8. The first-order valence-electron chi connectivity index (χ1n) is 6.53. The molecule has 0 saturated carbocycles. The van der Waals surface area contributed by atoms with Crippen LogP contribution in [0.4, 0.5) is 5.69 Å². The molecule has 0 radical (unpaired) electrons. The number of amides is 1. The summed E-state index contributed by atoms with van der Waals surface area (Å²) in [7, 11) is -4.64. The van der Waals surface area contributed by atoms with Crippen LogP contribution in [0.3, 0.4) is 0 Å². The minimum Gasteiger partial charge on any atom is -0.742 e. The molecule has 0 fully saturated rings. The van der Waals surface area contributed by atoms with Gasteiger partial charge < -0.3 is 14.3 Å². The molecule has 0 atom stereocenters. The summed E-state index contributed by atoms with van der Waals surface area (Å²) < 4.78 is 36.9. The quantitative estimate of drug-likeness (QED) is 0.462. The number of furan rings is 1. The van der Waals surface area contributed by atoms with E-state index in [-0.39, 0.29) is 12.3 Å². The molecule has 1 aromatic heterocycles. The number of hydrazone groups is 1. The predicted molar refractivity (Wildman–Crippen MR) is 82.1 cm³/mol. The summed E-state index contributed by atoms with van der Waals surface area (Å²) in [5.74, 6) is -0.364. The molecule has 0 unspecified atom stereocenters. The molecule has 0 aliphatic carbocycles. The number of hydrogen-bond donors (Lipinski definition) is 2. The SMILES string of the molecule is Cc1cccc(NCC(=O)N/N=C\c2ccc(S(=O)(=O)[O-])o2)c1. The van der Waals surface area contributed by atoms with Gasteiger partial charge in [-0.1, -0.05) is 12.1 Å². The molecule has 2 aromatic rings. The van der Waals surface area contributed by atoms with Gasteiger partial charge in [0, 0.05) is 5.69 Å². The van der Waals surface area contributed by atoms with Crippen LogP contribution in [0.2, 0.25) is 0 Å². The predicted octanol–water partition coefficient (Wildman–Crippen LogP) is 1.05. The first kappa shape index (κ1) is 16.7. The van der Waals surface area contributed by atoms with Crippen LogP contribution in [0.15, 0.2) is 51.0 Å². The van der Waals surface area contributed by atoms with Crippen molar-refractivity contribution in [2.45, 2.75) is 12.0 Å². The van der Waals surface area contributed by atoms with Gasteiger partial charge in [0.25, 0.3) is 5.91 Å². The van der Waals surface area contributed by atoms with Crippen molar-refractivity contribution in [1.29, 1.82) is 0 Å². The Bertz CT molecular complexity index is 826. The largest absolute Gasteiger partial charge is 0.742 e. The number of benzene rings is 1. The summed E-state index contributed by atoms with van der Waals surface area (Å²) in [6.07, 6.45) is 1.10. The molecule has 1 amide bonds. The van der Waals surface area contributed by atoms with E-state index in [9.17, 15) is 17.8 Å². The molecule has 122 valence electrons. The maximum Gasteiger partial charge on any atom is 0.259 e. The van der Waals surface area contributed by atoms with Gasteiger partial charge in [-0.05, 0) is 36.8 Å². The van der Waals surface area contributed by atoms with Crippen molar-refractivity contribution in [2.75, 3.05) is 11.9 Å². The van der Waals surface area contributed by atoms with Crippen molar-refractivity contribution in [2.24, 2.45) is 5.10 Å². The second-order valence-electron chi connectivity index (χ2n) is 4.63. The maximum absolute atomic E-state index is 11.6. The highest BCUT2D eigenvalue weighted by molar-refractivity contribution is 7.85. The molecule has 1 heterocycles. The van der Waals surface area contributed by atoms with Crippen molar-refractivity contribution in [1.82, 2.24) is 5.43 Å². The van der Waals surface area contributed by atoms with Gasteiger partial charge in [0.1, 0.15) is 5.76 Å². The van der Waals surface area contributed by atoms with Crippen molar-refractivity contribution in [3.8, 4) is 0 Å². The summed E-state index contributed by atoms with van der Waals surface area (Å²) in [4.78, 5) is 11.6. The average Bonchev–Trinajstić information content (AvgIpc) is 2.94. The van der Waals surface area contributed by atoms with E-state index in [0.717, 1.165) is 23.5 Å². The second kappa shape index (κ2) is 7.07. The van der Waals surface area contributed by atoms with E-state index in [1.54, 1.807) is 0 Å². The molecular weight excluding hydrogens is 322 g/mol. The van der Waals surface area contributed by atoms with Crippen molar-refractivity contribution >= 4 is 27.9 Å². The topological polar surface area (TPSA) is 124 Å². The summed E-state index contributed by atoms with van der Waals surface area (Å²) in [5.41, 5.74) is 4.12. The van der Waals surface area contributed by atoms with E-state index in [4.69, 9.17) is 4.42 Å². The van der Waals surface area contributed by atoms with Gasteiger partial charge in [0.2, 0.25) is 5.09 Å². The molecule has 23 heavy (non-hydrogen) atoms. The third-order valence-corrected chi connectivity index (χ3v) is 3.41. The molecule has 0 aliphatic rings. The van der Waals surface area contributed by atoms with E-state index in [2.05, 4.69) is 15.8 Å². The third-order valence-electron chi connectivity index (χ3n) is 2.70. The van der Waals surface area contributed by atoms with E-state index >= 15 is 0 Å². The van der Waals surface area contributed by atoms with Crippen molar-refractivity contribution < 1.29 is 22.2 Å². The van der Waals surface area contributed by atoms with Gasteiger partial charge in [-0.15, -0.1) is 0 Å². The van der Waals surface area contributed by atoms with Crippen LogP contribution in [0.5, 0.6) is 0 Å². The molecule has 0 spiro atoms. The molecule has 0 aliphatic heterocycles. The number of rotatable bonds is 6. The molecule has 8 nitrogen and oxygen atoms in total. The fraction of sp³-hybridized carbons (Fsp3) is 0.143. The van der Waals surface area contributed by atoms with Crippen LogP contribution in [-0.4, -0.2) is 31.6 Å². The van der Waals surface area contributed by atoms with Gasteiger partial charge >= 0.3 is 0 Å². The zero-order valence-electron chi connectivity index (χ0n) is 12.1. The van der Waals surface area contributed by atoms with Crippen molar-refractivity contribution in [3.63, 3.8) is 0 Å². The minimum absolute atomic E-state index is 0.0130. The zero-order valence-corrected chi connectivity index (χ0v) is 13.0. The van der Waals surface area contributed by atoms with Gasteiger partial charge in [0.05, 0.1) is 12.8 Å². The number of carbonyl (C=O) groups excluding carboxylic acids is 1. The average molecular weight is 336 g/mol. The number of carbonyl (C=O) groups is 1. The summed E-state index contributed by atoms with van der Waals surface area (Å²) >= 11 is 0. The lowest BCUT2D eigenvalue weighted by Gasteiger charge is -2.05. The maximum atomic E-state index is 11.6. The Morgan fingerprint density at radius 1 is 1.35 bits per heavy atom. The molecule has 2 N–H and O–H groups in total. The standard InChI is InChI=1S/C14H15N3O5S/c1-10-3-2-4-11(7-10)15-9-13(18)17-16-8-12-5-6-14(22-12)23(19,20)21/h2-8,15H,9H2,1H3,(H,17,18)(H,19,20,21)/p-1/b16-8-. The molecule has 2 rings (SSSR count). The number of anilines is 1. The highest BCUT2D eigenvalue weighted by atomic mass is 32.2. The fourth-order valence-corrected chi connectivity index (χ4v) is 2.12. The van der Waals surface area contributed by atoms with Gasteiger partial charge in [0.15, 0.2) is 10.1 Å². The monoisotopic (exact) mass is 336 g/mol. The minimum atomic E-state index is -4.64. The molecule has 9 heteroatoms. The first-order valence-corrected chi connectivity index (χ1v) is 7.93. The Hall–Kier alpha value is -2.65. The van der Waals surface area contributed by atoms with Crippen LogP contribution in [-0.2, 0) is 14.9 Å². The molecular formula is C14H14N3O5S-. The molecule has 0 saturated heterocycles. The van der Waals surface area contributed by atoms with Crippen LogP contribution in [0.25, 0.3) is 0 Å². The lowest BCUT2D eigenvalue weighted by molar-refractivity contribution is -0.119. The van der Waals surface area contributed by atoms with Gasteiger partial charge in [-0.25, -0.2) is 13.8 Å². The van der Waals surface area contributed by atoms with Crippen LogP contribution in [0, 0.1) is 6.92 Å². The summed E-state index contributed by atoms with van der Waals surface area (Å²) in [6, 6.07) is 9.80. The van der Waals surface area contributed by atoms with E-state index < -0.39 is 21.1 Å². The number of hydrogen-bond acceptors (Lipinski definition) is 7. The third kappa shape index (κ3) is 5.24.